The van der Waals surface area contributed by atoms with Crippen molar-refractivity contribution in [2.24, 2.45) is 0 Å². The van der Waals surface area contributed by atoms with Crippen molar-refractivity contribution in [3.8, 4) is 22.6 Å². The lowest BCUT2D eigenvalue weighted by molar-refractivity contribution is 0.451. The van der Waals surface area contributed by atoms with Gasteiger partial charge in [-0.05, 0) is 69.4 Å². The van der Waals surface area contributed by atoms with Crippen molar-refractivity contribution in [3.63, 3.8) is 0 Å². The number of hydrogen-bond acceptors (Lipinski definition) is 2. The second-order valence-corrected chi connectivity index (χ2v) is 5.70. The van der Waals surface area contributed by atoms with E-state index in [-0.39, 0.29) is 11.5 Å². The first kappa shape index (κ1) is 14.4. The number of rotatable bonds is 1. The van der Waals surface area contributed by atoms with E-state index < -0.39 is 0 Å². The number of benzene rings is 2. The predicted molar refractivity (Wildman–Crippen MR) is 83.6 cm³/mol. The van der Waals surface area contributed by atoms with E-state index in [9.17, 15) is 10.2 Å². The third-order valence-electron chi connectivity index (χ3n) is 4.32. The van der Waals surface area contributed by atoms with Crippen LogP contribution in [0, 0.1) is 41.5 Å². The Kier molecular flexibility index (Phi) is 3.51. The fourth-order valence-corrected chi connectivity index (χ4v) is 2.75. The van der Waals surface area contributed by atoms with Crippen LogP contribution in [0.5, 0.6) is 11.5 Å². The molecule has 0 heterocycles. The summed E-state index contributed by atoms with van der Waals surface area (Å²) in [5.74, 6) is 0.541. The van der Waals surface area contributed by atoms with Crippen molar-refractivity contribution in [1.82, 2.24) is 0 Å². The minimum atomic E-state index is 0.269. The van der Waals surface area contributed by atoms with E-state index in [0.717, 1.165) is 38.9 Å². The second-order valence-electron chi connectivity index (χ2n) is 5.70. The summed E-state index contributed by atoms with van der Waals surface area (Å²) in [5.41, 5.74) is 7.43. The molecule has 0 aliphatic heterocycles. The van der Waals surface area contributed by atoms with E-state index in [1.54, 1.807) is 0 Å². The van der Waals surface area contributed by atoms with Crippen molar-refractivity contribution < 1.29 is 10.2 Å². The summed E-state index contributed by atoms with van der Waals surface area (Å²) in [5, 5.41) is 20.8. The zero-order chi connectivity index (χ0) is 15.2. The molecule has 2 rings (SSSR count). The lowest BCUT2D eigenvalue weighted by atomic mass is 9.88. The van der Waals surface area contributed by atoms with Crippen LogP contribution in [0.2, 0.25) is 0 Å². The highest BCUT2D eigenvalue weighted by Crippen LogP contribution is 2.43. The molecule has 0 aliphatic carbocycles. The minimum absolute atomic E-state index is 0.269. The quantitative estimate of drug-likeness (QED) is 0.743. The van der Waals surface area contributed by atoms with Gasteiger partial charge >= 0.3 is 0 Å². The van der Waals surface area contributed by atoms with Gasteiger partial charge in [0.15, 0.2) is 0 Å². The first-order valence-electron chi connectivity index (χ1n) is 6.85. The molecule has 0 radical (unpaired) electrons. The smallest absolute Gasteiger partial charge is 0.127 e. The Morgan fingerprint density at radius 3 is 1.80 bits per heavy atom. The van der Waals surface area contributed by atoms with Gasteiger partial charge in [-0.1, -0.05) is 17.7 Å². The van der Waals surface area contributed by atoms with Gasteiger partial charge < -0.3 is 10.2 Å². The van der Waals surface area contributed by atoms with E-state index in [1.807, 2.05) is 27.7 Å². The average Bonchev–Trinajstić information content (AvgIpc) is 2.39. The Bertz CT molecular complexity index is 668. The van der Waals surface area contributed by atoms with Crippen LogP contribution in [0.4, 0.5) is 0 Å². The van der Waals surface area contributed by atoms with Crippen LogP contribution >= 0.6 is 0 Å². The van der Waals surface area contributed by atoms with Crippen LogP contribution in [-0.2, 0) is 0 Å². The molecule has 2 N–H and O–H groups in total. The second kappa shape index (κ2) is 4.86. The zero-order valence-corrected chi connectivity index (χ0v) is 13.0. The number of phenolic OH excluding ortho intramolecular Hbond substituents is 2. The highest BCUT2D eigenvalue weighted by Gasteiger charge is 2.19. The minimum Gasteiger partial charge on any atom is -0.507 e. The molecule has 20 heavy (non-hydrogen) atoms. The molecule has 106 valence electrons. The van der Waals surface area contributed by atoms with Crippen molar-refractivity contribution in [2.45, 2.75) is 41.5 Å². The summed E-state index contributed by atoms with van der Waals surface area (Å²) in [6.07, 6.45) is 0. The maximum Gasteiger partial charge on any atom is 0.127 e. The van der Waals surface area contributed by atoms with Crippen LogP contribution in [0.3, 0.4) is 0 Å². The molecule has 2 aromatic rings. The monoisotopic (exact) mass is 270 g/mol. The van der Waals surface area contributed by atoms with Gasteiger partial charge in [-0.2, -0.15) is 0 Å². The molecule has 0 atom stereocenters. The Balaban J connectivity index is 2.91. The highest BCUT2D eigenvalue weighted by atomic mass is 16.3. The van der Waals surface area contributed by atoms with E-state index in [1.165, 1.54) is 5.56 Å². The third kappa shape index (κ3) is 2.05. The summed E-state index contributed by atoms with van der Waals surface area (Å²) in [7, 11) is 0. The fraction of sp³-hybridized carbons (Fsp3) is 0.333. The highest BCUT2D eigenvalue weighted by molar-refractivity contribution is 5.81. The molecule has 0 fully saturated rings. The van der Waals surface area contributed by atoms with Gasteiger partial charge in [-0.25, -0.2) is 0 Å². The Morgan fingerprint density at radius 2 is 1.20 bits per heavy atom. The van der Waals surface area contributed by atoms with Crippen LogP contribution in [0.1, 0.15) is 33.4 Å². The Hall–Kier alpha value is -1.96. The first-order valence-corrected chi connectivity index (χ1v) is 6.85. The van der Waals surface area contributed by atoms with E-state index >= 15 is 0 Å². The molecule has 0 bridgehead atoms. The number of aryl methyl sites for hydroxylation is 2. The van der Waals surface area contributed by atoms with Gasteiger partial charge in [0.25, 0.3) is 0 Å². The van der Waals surface area contributed by atoms with Gasteiger partial charge in [0.05, 0.1) is 0 Å². The van der Waals surface area contributed by atoms with Crippen molar-refractivity contribution in [1.29, 1.82) is 0 Å². The van der Waals surface area contributed by atoms with Crippen molar-refractivity contribution in [2.75, 3.05) is 0 Å². The van der Waals surface area contributed by atoms with Gasteiger partial charge in [0, 0.05) is 11.1 Å². The van der Waals surface area contributed by atoms with E-state index in [0.29, 0.717) is 0 Å². The van der Waals surface area contributed by atoms with Crippen molar-refractivity contribution in [3.05, 3.63) is 45.5 Å². The number of hydrogen-bond donors (Lipinski definition) is 2. The largest absolute Gasteiger partial charge is 0.507 e. The molecule has 0 unspecified atom stereocenters. The third-order valence-corrected chi connectivity index (χ3v) is 4.32. The Labute approximate surface area is 120 Å². The molecule has 0 aromatic heterocycles. The molecule has 0 saturated carbocycles. The maximum absolute atomic E-state index is 10.5. The molecule has 0 amide bonds. The summed E-state index contributed by atoms with van der Waals surface area (Å²) >= 11 is 0. The van der Waals surface area contributed by atoms with Crippen LogP contribution < -0.4 is 0 Å². The van der Waals surface area contributed by atoms with E-state index in [2.05, 4.69) is 26.0 Å². The molecule has 0 saturated heterocycles. The SMILES string of the molecule is Cc1cc(C)c(C)c(-c2c(C)c(O)c(C)c(C)c2O)c1. The molecule has 2 nitrogen and oxygen atoms in total. The normalized spacial score (nSPS) is 10.9. The zero-order valence-electron chi connectivity index (χ0n) is 13.0. The lowest BCUT2D eigenvalue weighted by Crippen LogP contribution is -1.96. The standard InChI is InChI=1S/C18H22O2/c1-9-7-10(2)11(3)15(8-9)16-14(6)17(19)12(4)13(5)18(16)20/h7-8,19-20H,1-6H3. The van der Waals surface area contributed by atoms with Gasteiger partial charge in [0.2, 0.25) is 0 Å². The summed E-state index contributed by atoms with van der Waals surface area (Å²) < 4.78 is 0. The first-order chi connectivity index (χ1) is 9.25. The lowest BCUT2D eigenvalue weighted by Gasteiger charge is -2.19. The van der Waals surface area contributed by atoms with Gasteiger partial charge in [-0.3, -0.25) is 0 Å². The van der Waals surface area contributed by atoms with Crippen LogP contribution in [0.25, 0.3) is 11.1 Å². The molecular weight excluding hydrogens is 248 g/mol. The fourth-order valence-electron chi connectivity index (χ4n) is 2.75. The summed E-state index contributed by atoms with van der Waals surface area (Å²) in [6, 6.07) is 4.20. The van der Waals surface area contributed by atoms with Crippen LogP contribution in [0.15, 0.2) is 12.1 Å². The molecule has 0 aliphatic rings. The average molecular weight is 270 g/mol. The number of aromatic hydroxyl groups is 2. The predicted octanol–water partition coefficient (Wildman–Crippen LogP) is 4.62. The van der Waals surface area contributed by atoms with Crippen LogP contribution in [-0.4, -0.2) is 10.2 Å². The Morgan fingerprint density at radius 1 is 0.650 bits per heavy atom. The molecule has 2 aromatic carbocycles. The van der Waals surface area contributed by atoms with E-state index in [4.69, 9.17) is 0 Å². The molecular formula is C18H22O2. The van der Waals surface area contributed by atoms with Gasteiger partial charge in [0.1, 0.15) is 11.5 Å². The number of phenols is 2. The summed E-state index contributed by atoms with van der Waals surface area (Å²) in [4.78, 5) is 0. The maximum atomic E-state index is 10.5. The molecule has 2 heteroatoms. The molecule has 0 spiro atoms. The topological polar surface area (TPSA) is 40.5 Å². The summed E-state index contributed by atoms with van der Waals surface area (Å²) in [6.45, 7) is 11.7. The van der Waals surface area contributed by atoms with Gasteiger partial charge in [-0.15, -0.1) is 0 Å². The van der Waals surface area contributed by atoms with Crippen molar-refractivity contribution >= 4 is 0 Å².